The van der Waals surface area contributed by atoms with Crippen LogP contribution in [0.25, 0.3) is 0 Å². The van der Waals surface area contributed by atoms with Gasteiger partial charge in [0.05, 0.1) is 12.2 Å². The van der Waals surface area contributed by atoms with Crippen molar-refractivity contribution >= 4 is 29.2 Å². The van der Waals surface area contributed by atoms with E-state index in [1.807, 2.05) is 0 Å². The van der Waals surface area contributed by atoms with E-state index in [9.17, 15) is 9.32 Å². The van der Waals surface area contributed by atoms with E-state index in [0.29, 0.717) is 28.8 Å². The Hall–Kier alpha value is -1.78. The molecule has 3 nitrogen and oxygen atoms in total. The van der Waals surface area contributed by atoms with Gasteiger partial charge in [-0.25, -0.2) is 9.74 Å². The van der Waals surface area contributed by atoms with E-state index in [1.165, 1.54) is 12.1 Å². The van der Waals surface area contributed by atoms with Gasteiger partial charge in [-0.3, -0.25) is 0 Å². The smallest absolute Gasteiger partial charge is 0.379 e. The first kappa shape index (κ1) is 15.6. The van der Waals surface area contributed by atoms with Gasteiger partial charge in [0.2, 0.25) is 0 Å². The SMILES string of the molecule is O=C(OF)c1ccc(CCOc2cc(Cl)cc(Cl)c2)cc1. The van der Waals surface area contributed by atoms with Crippen molar-refractivity contribution in [2.45, 2.75) is 6.42 Å². The second-order valence-electron chi connectivity index (χ2n) is 4.27. The van der Waals surface area contributed by atoms with E-state index >= 15 is 0 Å². The average Bonchev–Trinajstić information content (AvgIpc) is 2.46. The van der Waals surface area contributed by atoms with Crippen molar-refractivity contribution in [1.82, 2.24) is 0 Å². The first-order valence-corrected chi connectivity index (χ1v) is 6.85. The fourth-order valence-corrected chi connectivity index (χ4v) is 2.26. The Morgan fingerprint density at radius 3 is 2.24 bits per heavy atom. The lowest BCUT2D eigenvalue weighted by molar-refractivity contribution is -0.0788. The largest absolute Gasteiger partial charge is 0.493 e. The van der Waals surface area contributed by atoms with Crippen molar-refractivity contribution in [3.63, 3.8) is 0 Å². The second kappa shape index (κ2) is 7.29. The van der Waals surface area contributed by atoms with Gasteiger partial charge in [0, 0.05) is 21.0 Å². The molecule has 0 aliphatic rings. The Balaban J connectivity index is 1.90. The van der Waals surface area contributed by atoms with E-state index in [2.05, 4.69) is 4.94 Å². The predicted molar refractivity (Wildman–Crippen MR) is 78.6 cm³/mol. The molecule has 0 bridgehead atoms. The molecule has 0 atom stereocenters. The van der Waals surface area contributed by atoms with E-state index in [0.717, 1.165) is 5.56 Å². The van der Waals surface area contributed by atoms with E-state index < -0.39 is 5.97 Å². The number of rotatable bonds is 5. The summed E-state index contributed by atoms with van der Waals surface area (Å²) >= 11 is 11.7. The number of hydrogen-bond acceptors (Lipinski definition) is 3. The number of benzene rings is 2. The topological polar surface area (TPSA) is 35.5 Å². The Labute approximate surface area is 131 Å². The molecule has 21 heavy (non-hydrogen) atoms. The molecule has 0 heterocycles. The maximum Gasteiger partial charge on any atom is 0.379 e. The lowest BCUT2D eigenvalue weighted by Crippen LogP contribution is -2.03. The van der Waals surface area contributed by atoms with Gasteiger partial charge in [-0.05, 0) is 35.9 Å². The van der Waals surface area contributed by atoms with Gasteiger partial charge in [-0.1, -0.05) is 35.3 Å². The van der Waals surface area contributed by atoms with E-state index in [4.69, 9.17) is 27.9 Å². The highest BCUT2D eigenvalue weighted by molar-refractivity contribution is 6.34. The molecule has 0 aliphatic carbocycles. The summed E-state index contributed by atoms with van der Waals surface area (Å²) in [6.07, 6.45) is 0.620. The molecule has 0 spiro atoms. The second-order valence-corrected chi connectivity index (χ2v) is 5.14. The van der Waals surface area contributed by atoms with Gasteiger partial charge in [-0.15, -0.1) is 0 Å². The van der Waals surface area contributed by atoms with Crippen molar-refractivity contribution in [2.75, 3.05) is 6.61 Å². The number of ether oxygens (including phenoxy) is 1. The monoisotopic (exact) mass is 328 g/mol. The minimum atomic E-state index is -1.01. The summed E-state index contributed by atoms with van der Waals surface area (Å²) in [5, 5.41) is 1.01. The molecule has 0 saturated heterocycles. The highest BCUT2D eigenvalue weighted by Gasteiger charge is 2.07. The quantitative estimate of drug-likeness (QED) is 0.800. The van der Waals surface area contributed by atoms with Gasteiger partial charge in [0.15, 0.2) is 0 Å². The van der Waals surface area contributed by atoms with E-state index in [-0.39, 0.29) is 5.56 Å². The zero-order valence-electron chi connectivity index (χ0n) is 10.8. The van der Waals surface area contributed by atoms with Crippen LogP contribution in [0.3, 0.4) is 0 Å². The van der Waals surface area contributed by atoms with Crippen LogP contribution in [0.5, 0.6) is 5.75 Å². The van der Waals surface area contributed by atoms with E-state index in [1.54, 1.807) is 30.3 Å². The molecule has 0 aromatic heterocycles. The third-order valence-electron chi connectivity index (χ3n) is 2.76. The Morgan fingerprint density at radius 2 is 1.67 bits per heavy atom. The van der Waals surface area contributed by atoms with Crippen LogP contribution in [0, 0.1) is 0 Å². The van der Waals surface area contributed by atoms with Crippen LogP contribution in [-0.4, -0.2) is 12.6 Å². The molecule has 0 amide bonds. The number of carbonyl (C=O) groups excluding carboxylic acids is 1. The van der Waals surface area contributed by atoms with Crippen LogP contribution >= 0.6 is 23.2 Å². The summed E-state index contributed by atoms with van der Waals surface area (Å²) in [4.78, 5) is 14.1. The lowest BCUT2D eigenvalue weighted by atomic mass is 10.1. The Bertz CT molecular complexity index is 609. The fraction of sp³-hybridized carbons (Fsp3) is 0.133. The van der Waals surface area contributed by atoms with Crippen molar-refractivity contribution in [1.29, 1.82) is 0 Å². The van der Waals surface area contributed by atoms with Crippen molar-refractivity contribution in [2.24, 2.45) is 0 Å². The molecule has 0 saturated carbocycles. The molecule has 2 aromatic carbocycles. The number of carbonyl (C=O) groups is 1. The van der Waals surface area contributed by atoms with Crippen molar-refractivity contribution in [3.8, 4) is 5.75 Å². The molecule has 0 unspecified atom stereocenters. The average molecular weight is 329 g/mol. The molecular weight excluding hydrogens is 318 g/mol. The Morgan fingerprint density at radius 1 is 1.05 bits per heavy atom. The van der Waals surface area contributed by atoms with Crippen LogP contribution in [0.2, 0.25) is 10.0 Å². The standard InChI is InChI=1S/C15H11Cl2FO3/c16-12-7-13(17)9-14(8-12)20-6-5-10-1-3-11(4-2-10)15(19)21-18/h1-4,7-9H,5-6H2. The van der Waals surface area contributed by atoms with Crippen LogP contribution < -0.4 is 4.74 Å². The highest BCUT2D eigenvalue weighted by atomic mass is 35.5. The first-order chi connectivity index (χ1) is 10.1. The third kappa shape index (κ3) is 4.62. The van der Waals surface area contributed by atoms with Gasteiger partial charge in [0.25, 0.3) is 0 Å². The number of hydrogen-bond donors (Lipinski definition) is 0. The van der Waals surface area contributed by atoms with Gasteiger partial charge in [-0.2, -0.15) is 0 Å². The molecular formula is C15H11Cl2FO3. The predicted octanol–water partition coefficient (Wildman–Crippen LogP) is 4.66. The molecule has 110 valence electrons. The maximum absolute atomic E-state index is 11.7. The molecule has 0 N–H and O–H groups in total. The molecule has 0 radical (unpaired) electrons. The van der Waals surface area contributed by atoms with Crippen molar-refractivity contribution < 1.29 is 19.0 Å². The normalized spacial score (nSPS) is 10.2. The van der Waals surface area contributed by atoms with Crippen LogP contribution in [0.4, 0.5) is 4.53 Å². The zero-order chi connectivity index (χ0) is 15.2. The summed E-state index contributed by atoms with van der Waals surface area (Å²) in [7, 11) is 0. The highest BCUT2D eigenvalue weighted by Crippen LogP contribution is 2.24. The number of halogens is 3. The lowest BCUT2D eigenvalue weighted by Gasteiger charge is -2.07. The minimum absolute atomic E-state index is 0.156. The zero-order valence-corrected chi connectivity index (χ0v) is 12.3. The van der Waals surface area contributed by atoms with Crippen molar-refractivity contribution in [3.05, 3.63) is 63.6 Å². The minimum Gasteiger partial charge on any atom is -0.493 e. The van der Waals surface area contributed by atoms with Crippen LogP contribution in [-0.2, 0) is 11.4 Å². The molecule has 2 rings (SSSR count). The summed E-state index contributed by atoms with van der Waals surface area (Å²) < 4.78 is 17.3. The summed E-state index contributed by atoms with van der Waals surface area (Å²) in [5.41, 5.74) is 1.10. The first-order valence-electron chi connectivity index (χ1n) is 6.09. The molecule has 0 fully saturated rings. The molecule has 2 aromatic rings. The summed E-state index contributed by atoms with van der Waals surface area (Å²) in [6, 6.07) is 11.4. The molecule has 6 heteroatoms. The van der Waals surface area contributed by atoms with Crippen LogP contribution in [0.15, 0.2) is 42.5 Å². The third-order valence-corrected chi connectivity index (χ3v) is 3.19. The fourth-order valence-electron chi connectivity index (χ4n) is 1.75. The summed E-state index contributed by atoms with van der Waals surface area (Å²) in [6.45, 7) is 0.420. The van der Waals surface area contributed by atoms with Gasteiger partial charge < -0.3 is 4.74 Å². The summed E-state index contributed by atoms with van der Waals surface area (Å²) in [5.74, 6) is -0.420. The maximum atomic E-state index is 11.7. The van der Waals surface area contributed by atoms with Crippen LogP contribution in [0.1, 0.15) is 15.9 Å². The molecule has 0 aliphatic heterocycles. The Kier molecular flexibility index (Phi) is 5.42. The van der Waals surface area contributed by atoms with Gasteiger partial charge >= 0.3 is 5.97 Å². The van der Waals surface area contributed by atoms with Gasteiger partial charge in [0.1, 0.15) is 5.75 Å².